The quantitative estimate of drug-likeness (QED) is 0.154. The van der Waals surface area contributed by atoms with Gasteiger partial charge in [-0.05, 0) is 104 Å². The molecule has 72 heavy (non-hydrogen) atoms. The largest absolute Gasteiger partial charge is 0.499 e. The second kappa shape index (κ2) is 18.7. The summed E-state index contributed by atoms with van der Waals surface area (Å²) in [6.07, 6.45) is 1.87. The summed E-state index contributed by atoms with van der Waals surface area (Å²) in [7, 11) is 0. The van der Waals surface area contributed by atoms with Crippen LogP contribution in [0.2, 0.25) is 0 Å². The average molecular weight is 1120 g/mol. The minimum Gasteiger partial charge on any atom is -0.499 e. The standard InChI is InChI=1S/C49H41N4O2.C15H16N.Ir/c1-27(2)35-24-31(29-14-9-8-10-15-29)25-36(28(3)4)44(35)53-45-32-17-12-11-16-30(32)20-21-39(45)51-47(53)34-19-13-18-33-42-41(54-46(33)34)26-37-38(50-42)22-23-40-43(37)52-48(55-40)49(5,6)7;1-15(2,3)13-9-10-16-14(11-13)12-7-5-4-6-8-12;/h8-18,20-28H,1-7H3;4-7,9-11H,1-3H3;/q2*-1;. The Morgan fingerprint density at radius 2 is 1.26 bits per heavy atom. The number of benzene rings is 7. The van der Waals surface area contributed by atoms with Crippen molar-refractivity contribution in [3.05, 3.63) is 187 Å². The number of fused-ring (bicyclic) bond motifs is 9. The van der Waals surface area contributed by atoms with Gasteiger partial charge < -0.3 is 18.4 Å². The predicted molar refractivity (Wildman–Crippen MR) is 293 cm³/mol. The van der Waals surface area contributed by atoms with Gasteiger partial charge in [-0.15, -0.1) is 54.1 Å². The van der Waals surface area contributed by atoms with Crippen LogP contribution in [0.5, 0.6) is 0 Å². The third-order valence-electron chi connectivity index (χ3n) is 13.5. The van der Waals surface area contributed by atoms with E-state index in [1.54, 1.807) is 0 Å². The summed E-state index contributed by atoms with van der Waals surface area (Å²) in [5, 5.41) is 4.12. The van der Waals surface area contributed by atoms with Gasteiger partial charge in [-0.3, -0.25) is 4.98 Å². The van der Waals surface area contributed by atoms with Gasteiger partial charge in [-0.25, -0.2) is 9.97 Å². The van der Waals surface area contributed by atoms with Crippen molar-refractivity contribution in [2.24, 2.45) is 0 Å². The topological polar surface area (TPSA) is 82.8 Å². The summed E-state index contributed by atoms with van der Waals surface area (Å²) < 4.78 is 15.5. The van der Waals surface area contributed by atoms with Crippen molar-refractivity contribution >= 4 is 65.9 Å². The van der Waals surface area contributed by atoms with E-state index in [0.29, 0.717) is 17.1 Å². The molecular formula is C64H57IrN5O2-2. The molecule has 8 heteroatoms. The van der Waals surface area contributed by atoms with Gasteiger partial charge in [-0.2, -0.15) is 0 Å². The molecule has 0 aliphatic rings. The van der Waals surface area contributed by atoms with Crippen molar-refractivity contribution in [3.8, 4) is 39.5 Å². The zero-order chi connectivity index (χ0) is 49.3. The van der Waals surface area contributed by atoms with E-state index in [1.807, 2.05) is 54.7 Å². The Hall–Kier alpha value is -7.25. The van der Waals surface area contributed by atoms with Gasteiger partial charge in [0, 0.05) is 48.2 Å². The molecule has 0 amide bonds. The summed E-state index contributed by atoms with van der Waals surface area (Å²) in [5.41, 5.74) is 16.7. The third kappa shape index (κ3) is 8.71. The van der Waals surface area contributed by atoms with Gasteiger partial charge in [0.15, 0.2) is 5.58 Å². The van der Waals surface area contributed by atoms with E-state index in [0.717, 1.165) is 83.0 Å². The molecule has 0 N–H and O–H groups in total. The Bertz CT molecular complexity index is 3930. The molecule has 0 aliphatic heterocycles. The molecule has 0 fully saturated rings. The van der Waals surface area contributed by atoms with Crippen LogP contribution >= 0.6 is 0 Å². The molecule has 0 saturated carbocycles. The van der Waals surface area contributed by atoms with Crippen molar-refractivity contribution in [2.75, 3.05) is 0 Å². The number of hydrogen-bond donors (Lipinski definition) is 0. The van der Waals surface area contributed by atoms with E-state index >= 15 is 0 Å². The van der Waals surface area contributed by atoms with Crippen LogP contribution in [-0.2, 0) is 30.9 Å². The SMILES string of the molecule is CC(C)(C)c1ccnc(-c2[c-]cccc2)c1.CC(C)c1cc(-c2ccccc2)cc(C(C)C)c1-n1c(-c2[c-]ccc3c2oc2cc4c(ccc5oc(C(C)(C)C)nc54)nc23)nc2ccc3ccccc3c21.[Ir]. The second-order valence-electron chi connectivity index (χ2n) is 21.3. The maximum atomic E-state index is 6.87. The number of nitrogens with zero attached hydrogens (tertiary/aromatic N) is 5. The van der Waals surface area contributed by atoms with E-state index < -0.39 is 0 Å². The molecule has 12 aromatic rings. The zero-order valence-corrected chi connectivity index (χ0v) is 44.9. The first-order valence-electron chi connectivity index (χ1n) is 24.7. The Balaban J connectivity index is 0.000000300. The fourth-order valence-corrected chi connectivity index (χ4v) is 9.70. The molecule has 5 aromatic heterocycles. The van der Waals surface area contributed by atoms with Crippen LogP contribution in [0, 0.1) is 12.1 Å². The normalized spacial score (nSPS) is 12.2. The molecule has 0 spiro atoms. The Morgan fingerprint density at radius 3 is 1.97 bits per heavy atom. The van der Waals surface area contributed by atoms with Crippen molar-refractivity contribution in [1.82, 2.24) is 24.5 Å². The smallest absolute Gasteiger partial charge is 0.200 e. The van der Waals surface area contributed by atoms with Crippen molar-refractivity contribution in [2.45, 2.75) is 91.9 Å². The molecule has 7 nitrogen and oxygen atoms in total. The molecule has 1 radical (unpaired) electrons. The summed E-state index contributed by atoms with van der Waals surface area (Å²) in [4.78, 5) is 20.0. The van der Waals surface area contributed by atoms with Crippen molar-refractivity contribution in [1.29, 1.82) is 0 Å². The Labute approximate surface area is 434 Å². The van der Waals surface area contributed by atoms with Crippen LogP contribution in [0.1, 0.15) is 104 Å². The summed E-state index contributed by atoms with van der Waals surface area (Å²) >= 11 is 0. The first-order valence-corrected chi connectivity index (χ1v) is 24.7. The van der Waals surface area contributed by atoms with Gasteiger partial charge >= 0.3 is 0 Å². The number of imidazole rings is 1. The van der Waals surface area contributed by atoms with E-state index in [9.17, 15) is 0 Å². The number of pyridine rings is 2. The first kappa shape index (κ1) is 48.4. The minimum atomic E-state index is -0.226. The Kier molecular flexibility index (Phi) is 12.6. The fraction of sp³-hybridized carbons (Fsp3) is 0.219. The van der Waals surface area contributed by atoms with Crippen LogP contribution in [0.25, 0.3) is 105 Å². The molecule has 0 saturated heterocycles. The molecule has 0 bridgehead atoms. The van der Waals surface area contributed by atoms with Crippen LogP contribution in [0.4, 0.5) is 0 Å². The van der Waals surface area contributed by atoms with Crippen LogP contribution in [0.3, 0.4) is 0 Å². The van der Waals surface area contributed by atoms with Gasteiger partial charge in [0.2, 0.25) is 5.89 Å². The van der Waals surface area contributed by atoms with Gasteiger partial charge in [0.25, 0.3) is 0 Å². The molecule has 12 rings (SSSR count). The zero-order valence-electron chi connectivity index (χ0n) is 42.5. The average Bonchev–Trinajstić information content (AvgIpc) is 4.10. The number of hydrogen-bond acceptors (Lipinski definition) is 6. The molecule has 0 aliphatic carbocycles. The predicted octanol–water partition coefficient (Wildman–Crippen LogP) is 17.3. The summed E-state index contributed by atoms with van der Waals surface area (Å²) in [6, 6.07) is 57.4. The van der Waals surface area contributed by atoms with E-state index in [-0.39, 0.29) is 42.8 Å². The monoisotopic (exact) mass is 1120 g/mol. The Morgan fingerprint density at radius 1 is 0.556 bits per heavy atom. The molecule has 0 atom stereocenters. The molecule has 0 unspecified atom stereocenters. The van der Waals surface area contributed by atoms with Crippen molar-refractivity contribution in [3.63, 3.8) is 0 Å². The van der Waals surface area contributed by atoms with E-state index in [1.165, 1.54) is 27.8 Å². The number of aromatic nitrogens is 5. The number of oxazole rings is 1. The van der Waals surface area contributed by atoms with E-state index in [2.05, 4.69) is 188 Å². The molecule has 361 valence electrons. The molecular weight excluding hydrogens is 1060 g/mol. The molecule has 7 aromatic carbocycles. The second-order valence-corrected chi connectivity index (χ2v) is 21.3. The minimum absolute atomic E-state index is 0. The summed E-state index contributed by atoms with van der Waals surface area (Å²) in [6.45, 7) is 22.1. The number of rotatable bonds is 6. The van der Waals surface area contributed by atoms with Crippen LogP contribution in [0.15, 0.2) is 161 Å². The summed E-state index contributed by atoms with van der Waals surface area (Å²) in [5.74, 6) is 1.93. The van der Waals surface area contributed by atoms with E-state index in [4.69, 9.17) is 23.8 Å². The van der Waals surface area contributed by atoms with Gasteiger partial charge in [-0.1, -0.05) is 142 Å². The van der Waals surface area contributed by atoms with Gasteiger partial charge in [0.1, 0.15) is 11.1 Å². The third-order valence-corrected chi connectivity index (χ3v) is 13.5. The first-order chi connectivity index (χ1) is 34.1. The van der Waals surface area contributed by atoms with Crippen LogP contribution in [-0.4, -0.2) is 24.5 Å². The number of furan rings is 1. The van der Waals surface area contributed by atoms with Crippen molar-refractivity contribution < 1.29 is 28.9 Å². The van der Waals surface area contributed by atoms with Gasteiger partial charge in [0.05, 0.1) is 33.5 Å². The maximum absolute atomic E-state index is 6.87. The molecule has 5 heterocycles. The van der Waals surface area contributed by atoms with Crippen LogP contribution < -0.4 is 0 Å². The maximum Gasteiger partial charge on any atom is 0.200 e. The fourth-order valence-electron chi connectivity index (χ4n) is 9.70.